The molecule has 1 amide bonds. The third-order valence-electron chi connectivity index (χ3n) is 5.57. The number of hydrogen-bond donors (Lipinski definition) is 0. The van der Waals surface area contributed by atoms with E-state index in [1.54, 1.807) is 14.2 Å². The number of nitrogens with zero attached hydrogens (tertiary/aromatic N) is 4. The van der Waals surface area contributed by atoms with Crippen LogP contribution in [0.2, 0.25) is 0 Å². The van der Waals surface area contributed by atoms with Crippen molar-refractivity contribution in [1.82, 2.24) is 20.0 Å². The molecule has 2 heterocycles. The van der Waals surface area contributed by atoms with Gasteiger partial charge in [-0.1, -0.05) is 23.9 Å². The van der Waals surface area contributed by atoms with Crippen LogP contribution >= 0.6 is 11.8 Å². The van der Waals surface area contributed by atoms with Crippen molar-refractivity contribution in [1.29, 1.82) is 0 Å². The first kappa shape index (κ1) is 23.1. The van der Waals surface area contributed by atoms with Gasteiger partial charge in [-0.25, -0.2) is 0 Å². The lowest BCUT2D eigenvalue weighted by Crippen LogP contribution is -2.36. The van der Waals surface area contributed by atoms with E-state index in [9.17, 15) is 4.79 Å². The van der Waals surface area contributed by atoms with Gasteiger partial charge >= 0.3 is 0 Å². The van der Waals surface area contributed by atoms with Crippen molar-refractivity contribution in [2.75, 3.05) is 46.2 Å². The van der Waals surface area contributed by atoms with Crippen LogP contribution in [-0.2, 0) is 11.3 Å². The molecule has 1 aliphatic rings. The van der Waals surface area contributed by atoms with Crippen molar-refractivity contribution >= 4 is 17.7 Å². The molecule has 33 heavy (non-hydrogen) atoms. The second-order valence-corrected chi connectivity index (χ2v) is 8.68. The fraction of sp³-hybridized carbons (Fsp3) is 0.375. The predicted molar refractivity (Wildman–Crippen MR) is 126 cm³/mol. The number of amides is 1. The van der Waals surface area contributed by atoms with Crippen LogP contribution in [0.15, 0.2) is 58.2 Å². The second kappa shape index (κ2) is 11.2. The Bertz CT molecular complexity index is 1040. The summed E-state index contributed by atoms with van der Waals surface area (Å²) >= 11 is 1.28. The van der Waals surface area contributed by atoms with Crippen molar-refractivity contribution in [3.8, 4) is 23.0 Å². The van der Waals surface area contributed by atoms with Crippen LogP contribution in [0.1, 0.15) is 12.0 Å². The average molecular weight is 469 g/mol. The van der Waals surface area contributed by atoms with Gasteiger partial charge in [0.05, 0.1) is 20.0 Å². The van der Waals surface area contributed by atoms with E-state index in [2.05, 4.69) is 27.2 Å². The first-order valence-corrected chi connectivity index (χ1v) is 11.9. The maximum atomic E-state index is 12.8. The summed E-state index contributed by atoms with van der Waals surface area (Å²) in [5.74, 6) is 2.43. The number of hydrogen-bond acceptors (Lipinski definition) is 8. The molecule has 8 nitrogen and oxygen atoms in total. The van der Waals surface area contributed by atoms with Gasteiger partial charge in [0.1, 0.15) is 11.5 Å². The highest BCUT2D eigenvalue weighted by Gasteiger charge is 2.20. The highest BCUT2D eigenvalue weighted by atomic mass is 32.2. The molecule has 0 saturated carbocycles. The molecular weight excluding hydrogens is 440 g/mol. The molecule has 1 fully saturated rings. The molecule has 1 saturated heterocycles. The Morgan fingerprint density at radius 3 is 2.33 bits per heavy atom. The minimum atomic E-state index is 0.0931. The molecule has 0 radical (unpaired) electrons. The zero-order valence-electron chi connectivity index (χ0n) is 18.9. The van der Waals surface area contributed by atoms with Gasteiger partial charge in [-0.15, -0.1) is 10.2 Å². The largest absolute Gasteiger partial charge is 0.497 e. The number of aromatic nitrogens is 2. The second-order valence-electron chi connectivity index (χ2n) is 7.75. The van der Waals surface area contributed by atoms with Gasteiger partial charge in [0.15, 0.2) is 0 Å². The van der Waals surface area contributed by atoms with Crippen molar-refractivity contribution in [2.24, 2.45) is 0 Å². The van der Waals surface area contributed by atoms with Crippen molar-refractivity contribution < 1.29 is 18.7 Å². The molecule has 1 aliphatic heterocycles. The highest BCUT2D eigenvalue weighted by molar-refractivity contribution is 7.99. The van der Waals surface area contributed by atoms with E-state index < -0.39 is 0 Å². The minimum absolute atomic E-state index is 0.0931. The van der Waals surface area contributed by atoms with Gasteiger partial charge in [0, 0.05) is 38.3 Å². The fourth-order valence-electron chi connectivity index (χ4n) is 3.70. The molecule has 9 heteroatoms. The van der Waals surface area contributed by atoms with Gasteiger partial charge in [0.2, 0.25) is 11.8 Å². The zero-order valence-corrected chi connectivity index (χ0v) is 19.7. The zero-order chi connectivity index (χ0) is 23.0. The third-order valence-corrected chi connectivity index (χ3v) is 6.37. The molecule has 1 aromatic heterocycles. The smallest absolute Gasteiger partial charge is 0.277 e. The number of thioether (sulfide) groups is 1. The van der Waals surface area contributed by atoms with Crippen molar-refractivity contribution in [3.63, 3.8) is 0 Å². The van der Waals surface area contributed by atoms with E-state index in [4.69, 9.17) is 13.9 Å². The Balaban J connectivity index is 1.25. The lowest BCUT2D eigenvalue weighted by molar-refractivity contribution is -0.128. The van der Waals surface area contributed by atoms with E-state index in [-0.39, 0.29) is 11.7 Å². The lowest BCUT2D eigenvalue weighted by Gasteiger charge is -2.22. The average Bonchev–Trinajstić information content (AvgIpc) is 3.21. The third kappa shape index (κ3) is 6.27. The van der Waals surface area contributed by atoms with Gasteiger partial charge in [-0.2, -0.15) is 0 Å². The molecular formula is C24H28N4O4S. The summed E-state index contributed by atoms with van der Waals surface area (Å²) in [5, 5.41) is 8.55. The Morgan fingerprint density at radius 1 is 0.939 bits per heavy atom. The van der Waals surface area contributed by atoms with Crippen LogP contribution in [0.5, 0.6) is 11.5 Å². The van der Waals surface area contributed by atoms with Gasteiger partial charge < -0.3 is 18.8 Å². The lowest BCUT2D eigenvalue weighted by atomic mass is 10.2. The molecule has 3 aromatic rings. The van der Waals surface area contributed by atoms with Gasteiger partial charge in [-0.05, 0) is 48.4 Å². The van der Waals surface area contributed by atoms with Gasteiger partial charge in [0.25, 0.3) is 5.22 Å². The molecule has 0 bridgehead atoms. The number of carbonyl (C=O) groups is 1. The van der Waals surface area contributed by atoms with Crippen LogP contribution in [-0.4, -0.2) is 72.1 Å². The molecule has 0 N–H and O–H groups in total. The number of carbonyl (C=O) groups excluding carboxylic acids is 1. The summed E-state index contributed by atoms with van der Waals surface area (Å²) in [4.78, 5) is 17.1. The van der Waals surface area contributed by atoms with E-state index in [1.165, 1.54) is 17.3 Å². The fourth-order valence-corrected chi connectivity index (χ4v) is 4.37. The molecule has 2 aromatic carbocycles. The molecule has 0 aliphatic carbocycles. The van der Waals surface area contributed by atoms with Crippen LogP contribution in [0.3, 0.4) is 0 Å². The highest BCUT2D eigenvalue weighted by Crippen LogP contribution is 2.25. The Kier molecular flexibility index (Phi) is 7.85. The molecule has 0 unspecified atom stereocenters. The Hall–Kier alpha value is -3.04. The summed E-state index contributed by atoms with van der Waals surface area (Å²) in [6, 6.07) is 15.6. The van der Waals surface area contributed by atoms with E-state index in [0.717, 1.165) is 56.2 Å². The minimum Gasteiger partial charge on any atom is -0.497 e. The van der Waals surface area contributed by atoms with E-state index in [1.807, 2.05) is 41.3 Å². The molecule has 4 rings (SSSR count). The summed E-state index contributed by atoms with van der Waals surface area (Å²) in [5.41, 5.74) is 2.06. The van der Waals surface area contributed by atoms with Crippen molar-refractivity contribution in [3.05, 3.63) is 54.1 Å². The summed E-state index contributed by atoms with van der Waals surface area (Å²) in [6.07, 6.45) is 0.953. The Labute approximate surface area is 197 Å². The number of benzene rings is 2. The molecule has 0 spiro atoms. The number of methoxy groups -OCH3 is 2. The van der Waals surface area contributed by atoms with Crippen molar-refractivity contribution in [2.45, 2.75) is 18.2 Å². The monoisotopic (exact) mass is 468 g/mol. The van der Waals surface area contributed by atoms with Crippen LogP contribution in [0.4, 0.5) is 0 Å². The predicted octanol–water partition coefficient (Wildman–Crippen LogP) is 3.58. The maximum absolute atomic E-state index is 12.8. The quantitative estimate of drug-likeness (QED) is 0.464. The van der Waals surface area contributed by atoms with Gasteiger partial charge in [-0.3, -0.25) is 9.69 Å². The standard InChI is InChI=1S/C24H28N4O4S/c1-30-20-8-4-18(5-9-20)16-27-12-3-13-28(15-14-27)22(29)17-33-24-26-25-23(32-24)19-6-10-21(31-2)11-7-19/h4-11H,3,12-17H2,1-2H3. The van der Waals surface area contributed by atoms with Crippen LogP contribution in [0, 0.1) is 0 Å². The van der Waals surface area contributed by atoms with E-state index in [0.29, 0.717) is 11.1 Å². The normalized spacial score (nSPS) is 14.7. The topological polar surface area (TPSA) is 80.9 Å². The maximum Gasteiger partial charge on any atom is 0.277 e. The SMILES string of the molecule is COc1ccc(CN2CCCN(C(=O)CSc3nnc(-c4ccc(OC)cc4)o3)CC2)cc1. The first-order valence-electron chi connectivity index (χ1n) is 10.9. The van der Waals surface area contributed by atoms with Crippen LogP contribution in [0.25, 0.3) is 11.5 Å². The first-order chi connectivity index (χ1) is 16.1. The summed E-state index contributed by atoms with van der Waals surface area (Å²) < 4.78 is 16.1. The van der Waals surface area contributed by atoms with E-state index >= 15 is 0 Å². The summed E-state index contributed by atoms with van der Waals surface area (Å²) in [7, 11) is 3.29. The number of ether oxygens (including phenoxy) is 2. The van der Waals surface area contributed by atoms with Crippen LogP contribution < -0.4 is 9.47 Å². The number of rotatable bonds is 8. The molecule has 0 atom stereocenters. The Morgan fingerprint density at radius 2 is 1.64 bits per heavy atom. The molecule has 174 valence electrons. The summed E-state index contributed by atoms with van der Waals surface area (Å²) in [6.45, 7) is 4.18.